The number of carboxylic acid groups (broad SMARTS) is 1. The average molecular weight is 301 g/mol. The molecule has 20 heavy (non-hydrogen) atoms. The Morgan fingerprint density at radius 2 is 2.30 bits per heavy atom. The first-order valence-corrected chi connectivity index (χ1v) is 6.61. The molecule has 0 aliphatic carbocycles. The van der Waals surface area contributed by atoms with E-state index >= 15 is 0 Å². The van der Waals surface area contributed by atoms with Crippen LogP contribution < -0.4 is 15.3 Å². The van der Waals surface area contributed by atoms with Crippen LogP contribution in [0.4, 0.5) is 4.39 Å². The minimum Gasteiger partial charge on any atom is -0.550 e. The van der Waals surface area contributed by atoms with Crippen molar-refractivity contribution in [3.8, 4) is 0 Å². The molecule has 7 heteroatoms. The van der Waals surface area contributed by atoms with Crippen LogP contribution in [0.2, 0.25) is 5.02 Å². The van der Waals surface area contributed by atoms with Crippen molar-refractivity contribution in [2.45, 2.75) is 19.0 Å². The van der Waals surface area contributed by atoms with Crippen molar-refractivity contribution >= 4 is 23.5 Å². The summed E-state index contributed by atoms with van der Waals surface area (Å²) in [5, 5.41) is 13.4. The van der Waals surface area contributed by atoms with E-state index in [1.54, 1.807) is 6.07 Å². The van der Waals surface area contributed by atoms with Gasteiger partial charge < -0.3 is 20.1 Å². The summed E-state index contributed by atoms with van der Waals surface area (Å²) in [6.07, 6.45) is -0.350. The molecule has 1 aromatic carbocycles. The molecule has 1 aromatic rings. The van der Waals surface area contributed by atoms with E-state index in [-0.39, 0.29) is 17.4 Å². The first kappa shape index (κ1) is 14.7. The van der Waals surface area contributed by atoms with Crippen LogP contribution in [-0.4, -0.2) is 31.0 Å². The maximum absolute atomic E-state index is 13.4. The van der Waals surface area contributed by atoms with Crippen molar-refractivity contribution in [3.05, 3.63) is 34.6 Å². The highest BCUT2D eigenvalue weighted by molar-refractivity contribution is 6.30. The van der Waals surface area contributed by atoms with Gasteiger partial charge in [0.15, 0.2) is 6.04 Å². The third-order valence-corrected chi connectivity index (χ3v) is 3.65. The van der Waals surface area contributed by atoms with Crippen LogP contribution in [0.5, 0.6) is 0 Å². The number of hydrogen-bond acceptors (Lipinski definition) is 3. The van der Waals surface area contributed by atoms with Gasteiger partial charge in [0.2, 0.25) is 0 Å². The summed E-state index contributed by atoms with van der Waals surface area (Å²) in [5.41, 5.74) is 0.667. The number of aliphatic carboxylic acids is 1. The molecule has 1 unspecified atom stereocenters. The Kier molecular flexibility index (Phi) is 4.57. The van der Waals surface area contributed by atoms with Crippen molar-refractivity contribution in [2.75, 3.05) is 13.1 Å². The van der Waals surface area contributed by atoms with E-state index in [0.29, 0.717) is 25.2 Å². The summed E-state index contributed by atoms with van der Waals surface area (Å²) in [5.74, 6) is -2.11. The number of halogens is 2. The molecule has 1 heterocycles. The van der Waals surface area contributed by atoms with Gasteiger partial charge in [-0.25, -0.2) is 4.39 Å². The minimum atomic E-state index is -1.27. The van der Waals surface area contributed by atoms with Crippen molar-refractivity contribution in [1.82, 2.24) is 5.32 Å². The van der Waals surface area contributed by atoms with Crippen LogP contribution in [-0.2, 0) is 16.1 Å². The molecule has 1 aliphatic rings. The Labute approximate surface area is 120 Å². The SMILES string of the molecule is O=C([O-])C[C@@H]1C(=O)NCC[NH+]1Cc1ccc(Cl)c(F)c1. The third kappa shape index (κ3) is 3.46. The molecule has 0 spiro atoms. The minimum absolute atomic E-state index is 0.0337. The van der Waals surface area contributed by atoms with Crippen LogP contribution in [0.15, 0.2) is 18.2 Å². The van der Waals surface area contributed by atoms with Gasteiger partial charge in [-0.2, -0.15) is 0 Å². The molecular formula is C13H14ClFN2O3. The van der Waals surface area contributed by atoms with E-state index in [1.165, 1.54) is 12.1 Å². The van der Waals surface area contributed by atoms with Gasteiger partial charge in [0.1, 0.15) is 12.4 Å². The molecule has 0 bridgehead atoms. The van der Waals surface area contributed by atoms with Crippen molar-refractivity contribution in [1.29, 1.82) is 0 Å². The lowest BCUT2D eigenvalue weighted by molar-refractivity contribution is -0.930. The van der Waals surface area contributed by atoms with Crippen LogP contribution in [0.3, 0.4) is 0 Å². The highest BCUT2D eigenvalue weighted by Crippen LogP contribution is 2.15. The Balaban J connectivity index is 2.13. The predicted octanol–water partition coefficient (Wildman–Crippen LogP) is -1.50. The Morgan fingerprint density at radius 3 is 2.95 bits per heavy atom. The quantitative estimate of drug-likeness (QED) is 0.711. The van der Waals surface area contributed by atoms with Gasteiger partial charge in [0, 0.05) is 18.0 Å². The molecule has 1 aliphatic heterocycles. The second-order valence-electron chi connectivity index (χ2n) is 4.75. The van der Waals surface area contributed by atoms with Gasteiger partial charge in [-0.15, -0.1) is 0 Å². The average Bonchev–Trinajstić information content (AvgIpc) is 2.38. The molecule has 1 fully saturated rings. The number of rotatable bonds is 4. The molecule has 2 atom stereocenters. The van der Waals surface area contributed by atoms with Crippen LogP contribution in [0.1, 0.15) is 12.0 Å². The number of carbonyl (C=O) groups is 2. The molecular weight excluding hydrogens is 287 g/mol. The standard InChI is InChI=1S/C13H14ClFN2O3/c14-9-2-1-8(5-10(9)15)7-17-4-3-16-13(20)11(17)6-12(18)19/h1-2,5,11H,3-4,6-7H2,(H,16,20)(H,18,19)/t11-/m1/s1. The van der Waals surface area contributed by atoms with Gasteiger partial charge in [-0.3, -0.25) is 4.79 Å². The van der Waals surface area contributed by atoms with Crippen LogP contribution >= 0.6 is 11.6 Å². The van der Waals surface area contributed by atoms with E-state index in [2.05, 4.69) is 5.32 Å². The zero-order valence-corrected chi connectivity index (χ0v) is 11.4. The maximum Gasteiger partial charge on any atom is 0.278 e. The topological polar surface area (TPSA) is 73.7 Å². The fraction of sp³-hybridized carbons (Fsp3) is 0.385. The van der Waals surface area contributed by atoms with Crippen molar-refractivity contribution < 1.29 is 24.0 Å². The van der Waals surface area contributed by atoms with Crippen LogP contribution in [0, 0.1) is 5.82 Å². The number of quaternary nitrogens is 1. The molecule has 1 saturated heterocycles. The summed E-state index contributed by atoms with van der Waals surface area (Å²) in [6, 6.07) is 3.70. The zero-order valence-electron chi connectivity index (χ0n) is 10.6. The van der Waals surface area contributed by atoms with E-state index in [9.17, 15) is 19.1 Å². The molecule has 0 aromatic heterocycles. The smallest absolute Gasteiger partial charge is 0.278 e. The summed E-state index contributed by atoms with van der Waals surface area (Å²) in [6.45, 7) is 1.40. The van der Waals surface area contributed by atoms with E-state index in [1.807, 2.05) is 0 Å². The first-order valence-electron chi connectivity index (χ1n) is 6.23. The Hall–Kier alpha value is -1.66. The second kappa shape index (κ2) is 6.19. The lowest BCUT2D eigenvalue weighted by Crippen LogP contribution is -3.18. The fourth-order valence-electron chi connectivity index (χ4n) is 2.36. The molecule has 0 saturated carbocycles. The molecule has 5 nitrogen and oxygen atoms in total. The highest BCUT2D eigenvalue weighted by Gasteiger charge is 2.33. The normalized spacial score (nSPS) is 22.4. The number of hydrogen-bond donors (Lipinski definition) is 2. The number of benzene rings is 1. The summed E-state index contributed by atoms with van der Waals surface area (Å²) in [4.78, 5) is 23.2. The van der Waals surface area contributed by atoms with Gasteiger partial charge in [0.25, 0.3) is 5.91 Å². The second-order valence-corrected chi connectivity index (χ2v) is 5.16. The Bertz CT molecular complexity index is 538. The number of piperazine rings is 1. The number of carboxylic acids is 1. The number of carbonyl (C=O) groups excluding carboxylic acids is 2. The van der Waals surface area contributed by atoms with Gasteiger partial charge in [-0.05, 0) is 12.1 Å². The predicted molar refractivity (Wildman–Crippen MR) is 67.4 cm³/mol. The lowest BCUT2D eigenvalue weighted by Gasteiger charge is -2.32. The first-order chi connectivity index (χ1) is 9.47. The van der Waals surface area contributed by atoms with Crippen molar-refractivity contribution in [3.63, 3.8) is 0 Å². The zero-order chi connectivity index (χ0) is 14.7. The monoisotopic (exact) mass is 300 g/mol. The largest absolute Gasteiger partial charge is 0.550 e. The van der Waals surface area contributed by atoms with Gasteiger partial charge in [0.05, 0.1) is 18.1 Å². The molecule has 2 N–H and O–H groups in total. The van der Waals surface area contributed by atoms with Gasteiger partial charge in [-0.1, -0.05) is 17.7 Å². The van der Waals surface area contributed by atoms with E-state index in [0.717, 1.165) is 4.90 Å². The third-order valence-electron chi connectivity index (χ3n) is 3.34. The molecule has 0 radical (unpaired) electrons. The highest BCUT2D eigenvalue weighted by atomic mass is 35.5. The van der Waals surface area contributed by atoms with Gasteiger partial charge >= 0.3 is 0 Å². The summed E-state index contributed by atoms with van der Waals surface area (Å²) >= 11 is 5.61. The summed E-state index contributed by atoms with van der Waals surface area (Å²) < 4.78 is 13.4. The van der Waals surface area contributed by atoms with Crippen LogP contribution in [0.25, 0.3) is 0 Å². The lowest BCUT2D eigenvalue weighted by atomic mass is 10.1. The van der Waals surface area contributed by atoms with Crippen molar-refractivity contribution in [2.24, 2.45) is 0 Å². The summed E-state index contributed by atoms with van der Waals surface area (Å²) in [7, 11) is 0. The fourth-order valence-corrected chi connectivity index (χ4v) is 2.47. The van der Waals surface area contributed by atoms with E-state index in [4.69, 9.17) is 11.6 Å². The number of amides is 1. The van der Waals surface area contributed by atoms with E-state index < -0.39 is 17.8 Å². The number of nitrogens with one attached hydrogen (secondary N) is 2. The molecule has 2 rings (SSSR count). The molecule has 108 valence electrons. The maximum atomic E-state index is 13.4. The Morgan fingerprint density at radius 1 is 1.55 bits per heavy atom. The molecule has 1 amide bonds.